The van der Waals surface area contributed by atoms with Crippen molar-refractivity contribution in [3.8, 4) is 12.1 Å². The molecule has 0 rings (SSSR count). The summed E-state index contributed by atoms with van der Waals surface area (Å²) in [6.45, 7) is 2.53. The maximum absolute atomic E-state index is 8.26. The highest BCUT2D eigenvalue weighted by molar-refractivity contribution is 5.24. The van der Waals surface area contributed by atoms with Crippen molar-refractivity contribution in [1.29, 1.82) is 10.5 Å². The fourth-order valence-corrected chi connectivity index (χ4v) is 0.378. The number of allylic oxidation sites excluding steroid dienone is 2. The van der Waals surface area contributed by atoms with E-state index in [1.54, 1.807) is 6.07 Å². The Morgan fingerprint density at radius 2 is 2.33 bits per heavy atom. The summed E-state index contributed by atoms with van der Waals surface area (Å²) < 4.78 is 0. The van der Waals surface area contributed by atoms with Crippen molar-refractivity contribution in [1.82, 2.24) is 5.32 Å². The molecule has 0 bridgehead atoms. The van der Waals surface area contributed by atoms with Crippen LogP contribution in [0, 0.1) is 22.7 Å². The van der Waals surface area contributed by atoms with Gasteiger partial charge in [-0.1, -0.05) is 0 Å². The molecular formula is C6H7N3. The van der Waals surface area contributed by atoms with Gasteiger partial charge < -0.3 is 5.32 Å². The van der Waals surface area contributed by atoms with E-state index in [0.29, 0.717) is 12.2 Å². The van der Waals surface area contributed by atoms with Gasteiger partial charge in [-0.3, -0.25) is 0 Å². The van der Waals surface area contributed by atoms with Crippen molar-refractivity contribution in [3.63, 3.8) is 0 Å². The number of hydrogen-bond acceptors (Lipinski definition) is 3. The molecular weight excluding hydrogens is 114 g/mol. The van der Waals surface area contributed by atoms with Crippen molar-refractivity contribution in [2.24, 2.45) is 0 Å². The summed E-state index contributed by atoms with van der Waals surface area (Å²) in [7, 11) is 0. The molecule has 3 heteroatoms. The van der Waals surface area contributed by atoms with Gasteiger partial charge in [0.25, 0.3) is 0 Å². The summed E-state index contributed by atoms with van der Waals surface area (Å²) in [6.07, 6.45) is 1.18. The molecule has 0 spiro atoms. The van der Waals surface area contributed by atoms with E-state index in [1.165, 1.54) is 6.08 Å². The SMILES string of the molecule is CCN/C(C#N)=C/C#N. The number of nitriles is 2. The van der Waals surface area contributed by atoms with Crippen LogP contribution in [0.2, 0.25) is 0 Å². The first-order chi connectivity index (χ1) is 4.35. The van der Waals surface area contributed by atoms with Crippen LogP contribution >= 0.6 is 0 Å². The van der Waals surface area contributed by atoms with E-state index in [0.717, 1.165) is 0 Å². The van der Waals surface area contributed by atoms with E-state index < -0.39 is 0 Å². The number of rotatable bonds is 2. The van der Waals surface area contributed by atoms with Gasteiger partial charge in [0, 0.05) is 12.6 Å². The first kappa shape index (κ1) is 7.52. The third kappa shape index (κ3) is 3.13. The van der Waals surface area contributed by atoms with Crippen LogP contribution in [0.25, 0.3) is 0 Å². The van der Waals surface area contributed by atoms with E-state index in [4.69, 9.17) is 10.5 Å². The summed E-state index contributed by atoms with van der Waals surface area (Å²) in [5, 5.41) is 19.0. The van der Waals surface area contributed by atoms with Crippen LogP contribution in [-0.4, -0.2) is 6.54 Å². The maximum atomic E-state index is 8.26. The predicted octanol–water partition coefficient (Wildman–Crippen LogP) is 0.527. The lowest BCUT2D eigenvalue weighted by Gasteiger charge is -1.93. The molecule has 0 aromatic rings. The first-order valence-electron chi connectivity index (χ1n) is 2.59. The van der Waals surface area contributed by atoms with Crippen molar-refractivity contribution in [3.05, 3.63) is 11.8 Å². The zero-order valence-corrected chi connectivity index (χ0v) is 5.18. The number of nitrogens with zero attached hydrogens (tertiary/aromatic N) is 2. The highest BCUT2D eigenvalue weighted by Crippen LogP contribution is 1.81. The van der Waals surface area contributed by atoms with Crippen molar-refractivity contribution in [2.45, 2.75) is 6.92 Å². The zero-order chi connectivity index (χ0) is 7.11. The normalized spacial score (nSPS) is 9.44. The van der Waals surface area contributed by atoms with Gasteiger partial charge in [0.1, 0.15) is 11.8 Å². The molecule has 0 heterocycles. The molecule has 0 atom stereocenters. The molecule has 0 aromatic heterocycles. The Bertz CT molecular complexity index is 179. The second-order valence-corrected chi connectivity index (χ2v) is 1.33. The fourth-order valence-electron chi connectivity index (χ4n) is 0.378. The number of nitrogens with one attached hydrogen (secondary N) is 1. The van der Waals surface area contributed by atoms with E-state index in [-0.39, 0.29) is 0 Å². The zero-order valence-electron chi connectivity index (χ0n) is 5.18. The van der Waals surface area contributed by atoms with E-state index in [2.05, 4.69) is 5.32 Å². The Kier molecular flexibility index (Phi) is 3.90. The lowest BCUT2D eigenvalue weighted by atomic mass is 10.4. The van der Waals surface area contributed by atoms with Crippen LogP contribution < -0.4 is 5.32 Å². The first-order valence-corrected chi connectivity index (χ1v) is 2.59. The molecule has 0 unspecified atom stereocenters. The maximum Gasteiger partial charge on any atom is 0.124 e. The summed E-state index contributed by atoms with van der Waals surface area (Å²) in [5.74, 6) is 0. The van der Waals surface area contributed by atoms with Crippen molar-refractivity contribution >= 4 is 0 Å². The van der Waals surface area contributed by atoms with Gasteiger partial charge in [-0.2, -0.15) is 10.5 Å². The minimum atomic E-state index is 0.319. The molecule has 1 N–H and O–H groups in total. The molecule has 0 saturated heterocycles. The van der Waals surface area contributed by atoms with Gasteiger partial charge in [-0.15, -0.1) is 0 Å². The smallest absolute Gasteiger partial charge is 0.124 e. The second-order valence-electron chi connectivity index (χ2n) is 1.33. The van der Waals surface area contributed by atoms with E-state index in [9.17, 15) is 0 Å². The van der Waals surface area contributed by atoms with Crippen LogP contribution in [0.15, 0.2) is 11.8 Å². The molecule has 0 aliphatic carbocycles. The Hall–Kier alpha value is -1.48. The Morgan fingerprint density at radius 3 is 2.67 bits per heavy atom. The van der Waals surface area contributed by atoms with Crippen LogP contribution in [0.5, 0.6) is 0 Å². The predicted molar refractivity (Wildman–Crippen MR) is 33.0 cm³/mol. The van der Waals surface area contributed by atoms with Crippen LogP contribution in [0.4, 0.5) is 0 Å². The van der Waals surface area contributed by atoms with Crippen molar-refractivity contribution < 1.29 is 0 Å². The summed E-state index contributed by atoms with van der Waals surface area (Å²) in [5.41, 5.74) is 0.319. The molecule has 3 nitrogen and oxygen atoms in total. The molecule has 0 amide bonds. The van der Waals surface area contributed by atoms with Crippen LogP contribution in [-0.2, 0) is 0 Å². The topological polar surface area (TPSA) is 59.6 Å². The van der Waals surface area contributed by atoms with Gasteiger partial charge in [-0.25, -0.2) is 0 Å². The summed E-state index contributed by atoms with van der Waals surface area (Å²) in [6, 6.07) is 3.59. The molecule has 46 valence electrons. The third-order valence-electron chi connectivity index (χ3n) is 0.697. The summed E-state index contributed by atoms with van der Waals surface area (Å²) in [4.78, 5) is 0. The Morgan fingerprint density at radius 1 is 1.67 bits per heavy atom. The van der Waals surface area contributed by atoms with E-state index >= 15 is 0 Å². The van der Waals surface area contributed by atoms with Crippen LogP contribution in [0.1, 0.15) is 6.92 Å². The van der Waals surface area contributed by atoms with E-state index in [1.807, 2.05) is 13.0 Å². The van der Waals surface area contributed by atoms with Gasteiger partial charge in [0.2, 0.25) is 0 Å². The fraction of sp³-hybridized carbons (Fsp3) is 0.333. The molecule has 0 fully saturated rings. The molecule has 0 aliphatic rings. The molecule has 0 aromatic carbocycles. The van der Waals surface area contributed by atoms with Gasteiger partial charge >= 0.3 is 0 Å². The number of hydrogen-bond donors (Lipinski definition) is 1. The highest BCUT2D eigenvalue weighted by Gasteiger charge is 1.86. The Labute approximate surface area is 54.2 Å². The largest absolute Gasteiger partial charge is 0.376 e. The summed E-state index contributed by atoms with van der Waals surface area (Å²) >= 11 is 0. The van der Waals surface area contributed by atoms with Gasteiger partial charge in [-0.05, 0) is 6.92 Å². The standard InChI is InChI=1S/C6H7N3/c1-2-9-6(5-8)3-4-7/h3,9H,2H2,1H3/b6-3+. The molecule has 0 saturated carbocycles. The Balaban J connectivity index is 3.90. The molecule has 0 radical (unpaired) electrons. The highest BCUT2D eigenvalue weighted by atomic mass is 14.9. The lowest BCUT2D eigenvalue weighted by Crippen LogP contribution is -2.09. The minimum Gasteiger partial charge on any atom is -0.376 e. The quantitative estimate of drug-likeness (QED) is 0.542. The van der Waals surface area contributed by atoms with Gasteiger partial charge in [0.15, 0.2) is 0 Å². The molecule has 0 aliphatic heterocycles. The lowest BCUT2D eigenvalue weighted by molar-refractivity contribution is 0.883. The molecule has 9 heavy (non-hydrogen) atoms. The average molecular weight is 121 g/mol. The monoisotopic (exact) mass is 121 g/mol. The minimum absolute atomic E-state index is 0.319. The van der Waals surface area contributed by atoms with Crippen molar-refractivity contribution in [2.75, 3.05) is 6.54 Å². The van der Waals surface area contributed by atoms with Crippen LogP contribution in [0.3, 0.4) is 0 Å². The third-order valence-corrected chi connectivity index (χ3v) is 0.697. The average Bonchev–Trinajstić information content (AvgIpc) is 1.88. The van der Waals surface area contributed by atoms with Gasteiger partial charge in [0.05, 0.1) is 6.07 Å². The second kappa shape index (κ2) is 4.67.